The summed E-state index contributed by atoms with van der Waals surface area (Å²) in [5.74, 6) is 1.08. The SMILES string of the molecule is CC(C)c1noc(COC(=O)COc2ccc3ccccc3c2Br)n1. The molecule has 0 aliphatic carbocycles. The van der Waals surface area contributed by atoms with E-state index in [1.165, 1.54) is 0 Å². The van der Waals surface area contributed by atoms with E-state index in [1.807, 2.05) is 50.2 Å². The van der Waals surface area contributed by atoms with Crippen molar-refractivity contribution in [1.29, 1.82) is 0 Å². The van der Waals surface area contributed by atoms with Gasteiger partial charge >= 0.3 is 5.97 Å². The Morgan fingerprint density at radius 1 is 1.24 bits per heavy atom. The number of fused-ring (bicyclic) bond motifs is 1. The van der Waals surface area contributed by atoms with Gasteiger partial charge in [-0.05, 0) is 32.8 Å². The van der Waals surface area contributed by atoms with Crippen molar-refractivity contribution in [2.45, 2.75) is 26.4 Å². The summed E-state index contributed by atoms with van der Waals surface area (Å²) in [6, 6.07) is 11.6. The van der Waals surface area contributed by atoms with Crippen molar-refractivity contribution in [3.05, 3.63) is 52.6 Å². The molecule has 3 rings (SSSR count). The first kappa shape index (κ1) is 17.4. The highest BCUT2D eigenvalue weighted by molar-refractivity contribution is 9.10. The molecule has 0 atom stereocenters. The van der Waals surface area contributed by atoms with Crippen LogP contribution in [-0.4, -0.2) is 22.7 Å². The lowest BCUT2D eigenvalue weighted by Crippen LogP contribution is -2.15. The largest absolute Gasteiger partial charge is 0.481 e. The van der Waals surface area contributed by atoms with Gasteiger partial charge in [0.25, 0.3) is 5.89 Å². The minimum absolute atomic E-state index is 0.0686. The smallest absolute Gasteiger partial charge is 0.344 e. The number of hydrogen-bond donors (Lipinski definition) is 0. The fourth-order valence-corrected chi connectivity index (χ4v) is 2.81. The molecule has 0 unspecified atom stereocenters. The third-order valence-corrected chi connectivity index (χ3v) is 4.35. The fourth-order valence-electron chi connectivity index (χ4n) is 2.21. The number of halogens is 1. The predicted molar refractivity (Wildman–Crippen MR) is 95.3 cm³/mol. The predicted octanol–water partition coefficient (Wildman–Crippen LogP) is 4.23. The lowest BCUT2D eigenvalue weighted by Gasteiger charge is -2.09. The van der Waals surface area contributed by atoms with Crippen molar-refractivity contribution < 1.29 is 18.8 Å². The lowest BCUT2D eigenvalue weighted by molar-refractivity contribution is -0.148. The molecule has 0 N–H and O–H groups in total. The molecular weight excluding hydrogens is 388 g/mol. The van der Waals surface area contributed by atoms with Crippen LogP contribution < -0.4 is 4.74 Å². The monoisotopic (exact) mass is 404 g/mol. The zero-order valence-corrected chi connectivity index (χ0v) is 15.4. The lowest BCUT2D eigenvalue weighted by atomic mass is 10.1. The molecule has 0 saturated heterocycles. The molecule has 6 nitrogen and oxygen atoms in total. The van der Waals surface area contributed by atoms with Crippen molar-refractivity contribution in [2.24, 2.45) is 0 Å². The van der Waals surface area contributed by atoms with Gasteiger partial charge in [-0.1, -0.05) is 49.3 Å². The molecule has 130 valence electrons. The van der Waals surface area contributed by atoms with Crippen LogP contribution in [0.1, 0.15) is 31.5 Å². The van der Waals surface area contributed by atoms with Gasteiger partial charge in [0.05, 0.1) is 4.47 Å². The molecule has 1 heterocycles. The molecule has 0 amide bonds. The van der Waals surface area contributed by atoms with Crippen LogP contribution in [0.5, 0.6) is 5.75 Å². The topological polar surface area (TPSA) is 74.5 Å². The van der Waals surface area contributed by atoms with Crippen LogP contribution in [0, 0.1) is 0 Å². The van der Waals surface area contributed by atoms with Gasteiger partial charge in [0.15, 0.2) is 19.0 Å². The van der Waals surface area contributed by atoms with E-state index >= 15 is 0 Å². The van der Waals surface area contributed by atoms with Crippen molar-refractivity contribution >= 4 is 32.7 Å². The van der Waals surface area contributed by atoms with Crippen molar-refractivity contribution in [3.63, 3.8) is 0 Å². The maximum atomic E-state index is 11.9. The number of benzene rings is 2. The van der Waals surface area contributed by atoms with Crippen LogP contribution in [0.25, 0.3) is 10.8 Å². The number of carbonyl (C=O) groups is 1. The van der Waals surface area contributed by atoms with E-state index in [4.69, 9.17) is 14.0 Å². The normalized spacial score (nSPS) is 11.0. The molecule has 0 radical (unpaired) electrons. The highest BCUT2D eigenvalue weighted by Crippen LogP contribution is 2.32. The molecule has 3 aromatic rings. The van der Waals surface area contributed by atoms with Crippen LogP contribution in [0.15, 0.2) is 45.4 Å². The standard InChI is InChI=1S/C18H17BrN2O4/c1-11(2)18-20-15(25-21-18)9-24-16(22)10-23-14-8-7-12-5-3-4-6-13(12)17(14)19/h3-8,11H,9-10H2,1-2H3. The number of hydrogen-bond acceptors (Lipinski definition) is 6. The minimum Gasteiger partial charge on any atom is -0.481 e. The van der Waals surface area contributed by atoms with Gasteiger partial charge < -0.3 is 14.0 Å². The molecule has 0 fully saturated rings. The third kappa shape index (κ3) is 4.17. The highest BCUT2D eigenvalue weighted by atomic mass is 79.9. The van der Waals surface area contributed by atoms with Gasteiger partial charge in [0.2, 0.25) is 0 Å². The number of esters is 1. The Bertz CT molecular complexity index is 892. The van der Waals surface area contributed by atoms with Crippen molar-refractivity contribution in [1.82, 2.24) is 10.1 Å². The van der Waals surface area contributed by atoms with Crippen molar-refractivity contribution in [3.8, 4) is 5.75 Å². The first-order valence-electron chi connectivity index (χ1n) is 7.82. The van der Waals surface area contributed by atoms with E-state index in [0.717, 1.165) is 15.2 Å². The van der Waals surface area contributed by atoms with E-state index in [9.17, 15) is 4.79 Å². The van der Waals surface area contributed by atoms with Crippen LogP contribution in [-0.2, 0) is 16.1 Å². The molecule has 7 heteroatoms. The second-order valence-electron chi connectivity index (χ2n) is 5.75. The Labute approximate surface area is 153 Å². The molecule has 0 saturated carbocycles. The summed E-state index contributed by atoms with van der Waals surface area (Å²) in [7, 11) is 0. The van der Waals surface area contributed by atoms with E-state index < -0.39 is 5.97 Å². The first-order chi connectivity index (χ1) is 12.0. The van der Waals surface area contributed by atoms with Crippen LogP contribution in [0.3, 0.4) is 0 Å². The number of aromatic nitrogens is 2. The van der Waals surface area contributed by atoms with Gasteiger partial charge in [-0.15, -0.1) is 0 Å². The molecule has 0 aliphatic rings. The summed E-state index contributed by atoms with van der Waals surface area (Å²) in [6.45, 7) is 3.63. The molecular formula is C18H17BrN2O4. The minimum atomic E-state index is -0.510. The van der Waals surface area contributed by atoms with Gasteiger partial charge in [0.1, 0.15) is 5.75 Å². The Hall–Kier alpha value is -2.41. The molecule has 0 spiro atoms. The van der Waals surface area contributed by atoms with Gasteiger partial charge in [0, 0.05) is 5.92 Å². The van der Waals surface area contributed by atoms with E-state index in [-0.39, 0.29) is 25.0 Å². The number of ether oxygens (including phenoxy) is 2. The fraction of sp³-hybridized carbons (Fsp3) is 0.278. The molecule has 0 aliphatic heterocycles. The zero-order valence-electron chi connectivity index (χ0n) is 13.9. The summed E-state index contributed by atoms with van der Waals surface area (Å²) in [5.41, 5.74) is 0. The van der Waals surface area contributed by atoms with Gasteiger partial charge in [-0.2, -0.15) is 4.98 Å². The van der Waals surface area contributed by atoms with E-state index in [1.54, 1.807) is 0 Å². The Morgan fingerprint density at radius 3 is 2.80 bits per heavy atom. The summed E-state index contributed by atoms with van der Waals surface area (Å²) < 4.78 is 16.5. The average molecular weight is 405 g/mol. The van der Waals surface area contributed by atoms with Crippen LogP contribution in [0.2, 0.25) is 0 Å². The maximum Gasteiger partial charge on any atom is 0.344 e. The highest BCUT2D eigenvalue weighted by Gasteiger charge is 2.13. The zero-order chi connectivity index (χ0) is 17.8. The average Bonchev–Trinajstić information content (AvgIpc) is 3.09. The van der Waals surface area contributed by atoms with Crippen LogP contribution >= 0.6 is 15.9 Å². The maximum absolute atomic E-state index is 11.9. The second kappa shape index (κ2) is 7.65. The molecule has 0 bridgehead atoms. The molecule has 2 aromatic carbocycles. The third-order valence-electron chi connectivity index (χ3n) is 3.53. The quantitative estimate of drug-likeness (QED) is 0.572. The first-order valence-corrected chi connectivity index (χ1v) is 8.62. The second-order valence-corrected chi connectivity index (χ2v) is 6.54. The van der Waals surface area contributed by atoms with Crippen molar-refractivity contribution in [2.75, 3.05) is 6.61 Å². The van der Waals surface area contributed by atoms with Gasteiger partial charge in [-0.3, -0.25) is 0 Å². The van der Waals surface area contributed by atoms with E-state index in [0.29, 0.717) is 11.6 Å². The number of carbonyl (C=O) groups excluding carboxylic acids is 1. The summed E-state index contributed by atoms with van der Waals surface area (Å²) in [6.07, 6.45) is 0. The Morgan fingerprint density at radius 2 is 2.04 bits per heavy atom. The summed E-state index contributed by atoms with van der Waals surface area (Å²) in [5, 5.41) is 5.91. The molecule has 25 heavy (non-hydrogen) atoms. The van der Waals surface area contributed by atoms with E-state index in [2.05, 4.69) is 26.1 Å². The van der Waals surface area contributed by atoms with Gasteiger partial charge in [-0.25, -0.2) is 4.79 Å². The Balaban J connectivity index is 1.56. The number of nitrogens with zero attached hydrogens (tertiary/aromatic N) is 2. The summed E-state index contributed by atoms with van der Waals surface area (Å²) >= 11 is 3.51. The molecule has 1 aromatic heterocycles. The Kier molecular flexibility index (Phi) is 5.33. The summed E-state index contributed by atoms with van der Waals surface area (Å²) in [4.78, 5) is 16.0. The van der Waals surface area contributed by atoms with Crippen LogP contribution in [0.4, 0.5) is 0 Å². The number of rotatable bonds is 6.